The number of rotatable bonds is 5. The van der Waals surface area contributed by atoms with E-state index in [1.54, 1.807) is 41.3 Å². The van der Waals surface area contributed by atoms with Crippen molar-refractivity contribution in [2.45, 2.75) is 32.7 Å². The minimum atomic E-state index is -0.224. The fourth-order valence-corrected chi connectivity index (χ4v) is 3.13. The molecule has 148 valence electrons. The zero-order chi connectivity index (χ0) is 20.1. The highest BCUT2D eigenvalue weighted by atomic mass is 16.3. The molecule has 0 radical (unpaired) electrons. The van der Waals surface area contributed by atoms with Gasteiger partial charge >= 0.3 is 0 Å². The number of carbonyl (C=O) groups excluding carboxylic acids is 3. The fourth-order valence-electron chi connectivity index (χ4n) is 3.13. The van der Waals surface area contributed by atoms with E-state index < -0.39 is 0 Å². The van der Waals surface area contributed by atoms with Gasteiger partial charge < -0.3 is 20.0 Å². The first-order valence-electron chi connectivity index (χ1n) is 9.48. The van der Waals surface area contributed by atoms with E-state index in [-0.39, 0.29) is 29.7 Å². The molecular weight excluding hydrogens is 358 g/mol. The van der Waals surface area contributed by atoms with Crippen LogP contribution in [0.25, 0.3) is 0 Å². The first kappa shape index (κ1) is 19.7. The zero-order valence-corrected chi connectivity index (χ0v) is 16.1. The molecule has 1 aliphatic rings. The van der Waals surface area contributed by atoms with E-state index in [0.717, 1.165) is 12.8 Å². The summed E-state index contributed by atoms with van der Waals surface area (Å²) >= 11 is 0. The molecule has 0 spiro atoms. The van der Waals surface area contributed by atoms with Crippen molar-refractivity contribution >= 4 is 23.4 Å². The summed E-state index contributed by atoms with van der Waals surface area (Å²) in [6, 6.07) is 10.0. The Labute approximate surface area is 164 Å². The SMILES string of the molecule is CC(C)C(=O)Nc1cccc(C(=O)NC2CCCN(C(=O)c3ccco3)C2)c1. The predicted octanol–water partition coefficient (Wildman–Crippen LogP) is 2.91. The van der Waals surface area contributed by atoms with E-state index in [9.17, 15) is 14.4 Å². The summed E-state index contributed by atoms with van der Waals surface area (Å²) in [6.07, 6.45) is 3.08. The van der Waals surface area contributed by atoms with Gasteiger partial charge in [-0.1, -0.05) is 19.9 Å². The predicted molar refractivity (Wildman–Crippen MR) is 105 cm³/mol. The molecule has 1 aliphatic heterocycles. The third-order valence-corrected chi connectivity index (χ3v) is 4.69. The Morgan fingerprint density at radius 1 is 1.18 bits per heavy atom. The average Bonchev–Trinajstić information content (AvgIpc) is 3.22. The summed E-state index contributed by atoms with van der Waals surface area (Å²) in [5, 5.41) is 5.79. The molecule has 2 aromatic rings. The molecule has 0 bridgehead atoms. The summed E-state index contributed by atoms with van der Waals surface area (Å²) in [5.74, 6) is -0.324. The summed E-state index contributed by atoms with van der Waals surface area (Å²) in [5.41, 5.74) is 1.06. The largest absolute Gasteiger partial charge is 0.459 e. The van der Waals surface area contributed by atoms with E-state index >= 15 is 0 Å². The second kappa shape index (κ2) is 8.73. The highest BCUT2D eigenvalue weighted by molar-refractivity contribution is 5.97. The number of amides is 3. The number of hydrogen-bond acceptors (Lipinski definition) is 4. The Morgan fingerprint density at radius 2 is 2.00 bits per heavy atom. The lowest BCUT2D eigenvalue weighted by Crippen LogP contribution is -2.49. The third kappa shape index (κ3) is 4.79. The molecule has 1 unspecified atom stereocenters. The monoisotopic (exact) mass is 383 g/mol. The number of piperidine rings is 1. The van der Waals surface area contributed by atoms with Crippen molar-refractivity contribution in [3.05, 3.63) is 54.0 Å². The average molecular weight is 383 g/mol. The number of furan rings is 1. The van der Waals surface area contributed by atoms with Crippen molar-refractivity contribution in [3.8, 4) is 0 Å². The molecule has 1 saturated heterocycles. The second-order valence-electron chi connectivity index (χ2n) is 7.27. The summed E-state index contributed by atoms with van der Waals surface area (Å²) < 4.78 is 5.18. The van der Waals surface area contributed by atoms with Gasteiger partial charge in [-0.05, 0) is 43.2 Å². The first-order chi connectivity index (χ1) is 13.4. The van der Waals surface area contributed by atoms with Crippen molar-refractivity contribution in [1.29, 1.82) is 0 Å². The summed E-state index contributed by atoms with van der Waals surface area (Å²) in [4.78, 5) is 38.6. The van der Waals surface area contributed by atoms with Gasteiger partial charge in [-0.3, -0.25) is 14.4 Å². The van der Waals surface area contributed by atoms with Crippen LogP contribution in [0.4, 0.5) is 5.69 Å². The van der Waals surface area contributed by atoms with Crippen molar-refractivity contribution in [1.82, 2.24) is 10.2 Å². The number of likely N-dealkylation sites (tertiary alicyclic amines) is 1. The van der Waals surface area contributed by atoms with E-state index in [1.807, 2.05) is 13.8 Å². The lowest BCUT2D eigenvalue weighted by Gasteiger charge is -2.32. The maximum absolute atomic E-state index is 12.6. The normalized spacial score (nSPS) is 16.7. The number of nitrogens with one attached hydrogen (secondary N) is 2. The Morgan fingerprint density at radius 3 is 2.71 bits per heavy atom. The van der Waals surface area contributed by atoms with Gasteiger partial charge in [0.25, 0.3) is 11.8 Å². The van der Waals surface area contributed by atoms with Crippen LogP contribution >= 0.6 is 0 Å². The number of hydrogen-bond donors (Lipinski definition) is 2. The Balaban J connectivity index is 1.61. The Hall–Kier alpha value is -3.09. The van der Waals surface area contributed by atoms with Crippen LogP contribution in [-0.2, 0) is 4.79 Å². The van der Waals surface area contributed by atoms with Crippen LogP contribution in [0.5, 0.6) is 0 Å². The van der Waals surface area contributed by atoms with Gasteiger partial charge in [-0.25, -0.2) is 0 Å². The zero-order valence-electron chi connectivity index (χ0n) is 16.1. The summed E-state index contributed by atoms with van der Waals surface area (Å²) in [7, 11) is 0. The molecule has 0 saturated carbocycles. The molecule has 1 aromatic heterocycles. The molecule has 1 atom stereocenters. The van der Waals surface area contributed by atoms with Crippen LogP contribution in [0.2, 0.25) is 0 Å². The molecule has 2 N–H and O–H groups in total. The number of nitrogens with zero attached hydrogens (tertiary/aromatic N) is 1. The highest BCUT2D eigenvalue weighted by Gasteiger charge is 2.27. The molecule has 3 rings (SSSR count). The van der Waals surface area contributed by atoms with Crippen LogP contribution in [0.1, 0.15) is 47.6 Å². The number of benzene rings is 1. The Kier molecular flexibility index (Phi) is 6.13. The maximum atomic E-state index is 12.6. The van der Waals surface area contributed by atoms with Gasteiger partial charge in [0.05, 0.1) is 6.26 Å². The molecule has 3 amide bonds. The molecule has 1 fully saturated rings. The molecule has 0 aliphatic carbocycles. The lowest BCUT2D eigenvalue weighted by atomic mass is 10.0. The van der Waals surface area contributed by atoms with Crippen LogP contribution in [0, 0.1) is 5.92 Å². The quantitative estimate of drug-likeness (QED) is 0.830. The van der Waals surface area contributed by atoms with E-state index in [1.165, 1.54) is 6.26 Å². The van der Waals surface area contributed by atoms with Crippen molar-refractivity contribution in [3.63, 3.8) is 0 Å². The molecule has 1 aromatic carbocycles. The van der Waals surface area contributed by atoms with Crippen LogP contribution in [-0.4, -0.2) is 41.8 Å². The van der Waals surface area contributed by atoms with Crippen molar-refractivity contribution in [2.24, 2.45) is 5.92 Å². The lowest BCUT2D eigenvalue weighted by molar-refractivity contribution is -0.118. The van der Waals surface area contributed by atoms with Gasteiger partial charge in [0.15, 0.2) is 5.76 Å². The topological polar surface area (TPSA) is 91.7 Å². The third-order valence-electron chi connectivity index (χ3n) is 4.69. The molecule has 7 heteroatoms. The summed E-state index contributed by atoms with van der Waals surface area (Å²) in [6.45, 7) is 4.70. The molecule has 2 heterocycles. The molecule has 7 nitrogen and oxygen atoms in total. The van der Waals surface area contributed by atoms with Crippen molar-refractivity contribution < 1.29 is 18.8 Å². The van der Waals surface area contributed by atoms with Crippen LogP contribution in [0.15, 0.2) is 47.1 Å². The van der Waals surface area contributed by atoms with Crippen LogP contribution < -0.4 is 10.6 Å². The maximum Gasteiger partial charge on any atom is 0.289 e. The minimum absolute atomic E-state index is 0.100. The molecule has 28 heavy (non-hydrogen) atoms. The van der Waals surface area contributed by atoms with E-state index in [2.05, 4.69) is 10.6 Å². The van der Waals surface area contributed by atoms with Gasteiger partial charge in [0.2, 0.25) is 5.91 Å². The van der Waals surface area contributed by atoms with Crippen molar-refractivity contribution in [2.75, 3.05) is 18.4 Å². The van der Waals surface area contributed by atoms with Gasteiger partial charge in [-0.15, -0.1) is 0 Å². The standard InChI is InChI=1S/C21H25N3O4/c1-14(2)19(25)22-16-7-3-6-15(12-16)20(26)23-17-8-4-10-24(13-17)21(27)18-9-5-11-28-18/h3,5-7,9,11-12,14,17H,4,8,10,13H2,1-2H3,(H,22,25)(H,23,26). The minimum Gasteiger partial charge on any atom is -0.459 e. The molecular formula is C21H25N3O4. The van der Waals surface area contributed by atoms with Crippen LogP contribution in [0.3, 0.4) is 0 Å². The van der Waals surface area contributed by atoms with Gasteiger partial charge in [0, 0.05) is 36.3 Å². The highest BCUT2D eigenvalue weighted by Crippen LogP contribution is 2.16. The Bertz CT molecular complexity index is 845. The smallest absolute Gasteiger partial charge is 0.289 e. The second-order valence-corrected chi connectivity index (χ2v) is 7.27. The number of carbonyl (C=O) groups is 3. The number of anilines is 1. The van der Waals surface area contributed by atoms with E-state index in [4.69, 9.17) is 4.42 Å². The first-order valence-corrected chi connectivity index (χ1v) is 9.48. The van der Waals surface area contributed by atoms with E-state index in [0.29, 0.717) is 30.1 Å². The van der Waals surface area contributed by atoms with Gasteiger partial charge in [0.1, 0.15) is 0 Å². The van der Waals surface area contributed by atoms with Gasteiger partial charge in [-0.2, -0.15) is 0 Å². The fraction of sp³-hybridized carbons (Fsp3) is 0.381.